The minimum atomic E-state index is -4.96. The Hall–Kier alpha value is -1.94. The molecule has 0 aliphatic heterocycles. The van der Waals surface area contributed by atoms with E-state index in [1.165, 1.54) is 212 Å². The molecule has 0 aliphatic carbocycles. The zero-order valence-corrected chi connectivity index (χ0v) is 66.9. The first-order valence-electron chi connectivity index (χ1n) is 41.2. The van der Waals surface area contributed by atoms with Gasteiger partial charge in [0.05, 0.1) is 26.4 Å². The van der Waals surface area contributed by atoms with E-state index in [0.29, 0.717) is 25.7 Å². The standard InChI is InChI=1S/C80H156O17P2/c1-9-73(8)59-51-43-35-30-31-37-45-53-61-78(83)91-67-76(97-80(85)63-55-47-39-29-23-26-34-42-50-58-72(6)7)69-95-99(88,89)93-65-74(81)64-92-98(86,87)94-68-75(66-90-77(82)60-52-44-36-27-21-18-14-16-20-25-33-41-49-57-71(4)5)96-79(84)62-54-46-38-28-22-17-13-11-10-12-15-19-24-32-40-48-56-70(2)3/h70-76,81H,9-69H2,1-8H3,(H,86,87)(H,88,89)/t73?,74-,75-,76-/m1/s1. The van der Waals surface area contributed by atoms with Crippen LogP contribution in [-0.4, -0.2) is 96.7 Å². The Bertz CT molecular complexity index is 1940. The van der Waals surface area contributed by atoms with Gasteiger partial charge in [0.1, 0.15) is 19.3 Å². The Morgan fingerprint density at radius 3 is 0.717 bits per heavy atom. The van der Waals surface area contributed by atoms with Crippen molar-refractivity contribution >= 4 is 39.5 Å². The zero-order chi connectivity index (χ0) is 73.1. The molecule has 0 fully saturated rings. The molecular weight excluding hydrogens is 1290 g/mol. The highest BCUT2D eigenvalue weighted by atomic mass is 31.2. The monoisotopic (exact) mass is 1450 g/mol. The maximum atomic E-state index is 13.1. The van der Waals surface area contributed by atoms with Crippen LogP contribution in [0.4, 0.5) is 0 Å². The topological polar surface area (TPSA) is 237 Å². The zero-order valence-electron chi connectivity index (χ0n) is 65.1. The molecule has 17 nitrogen and oxygen atoms in total. The molecule has 0 spiro atoms. The summed E-state index contributed by atoms with van der Waals surface area (Å²) in [5.41, 5.74) is 0. The maximum absolute atomic E-state index is 13.1. The average molecular weight is 1450 g/mol. The molecule has 0 aliphatic rings. The normalized spacial score (nSPS) is 14.3. The summed E-state index contributed by atoms with van der Waals surface area (Å²) in [6.45, 7) is 14.3. The lowest BCUT2D eigenvalue weighted by atomic mass is 9.99. The second kappa shape index (κ2) is 69.1. The summed E-state index contributed by atoms with van der Waals surface area (Å²) >= 11 is 0. The first-order valence-corrected chi connectivity index (χ1v) is 44.2. The van der Waals surface area contributed by atoms with Crippen LogP contribution in [0.1, 0.15) is 409 Å². The van der Waals surface area contributed by atoms with Crippen molar-refractivity contribution in [2.45, 2.75) is 427 Å². The van der Waals surface area contributed by atoms with Crippen LogP contribution in [0.3, 0.4) is 0 Å². The molecule has 0 saturated carbocycles. The van der Waals surface area contributed by atoms with Crippen molar-refractivity contribution in [3.8, 4) is 0 Å². The molecule has 0 saturated heterocycles. The molecule has 19 heteroatoms. The highest BCUT2D eigenvalue weighted by molar-refractivity contribution is 7.47. The van der Waals surface area contributed by atoms with Crippen LogP contribution in [0.2, 0.25) is 0 Å². The van der Waals surface area contributed by atoms with Crippen molar-refractivity contribution in [3.05, 3.63) is 0 Å². The number of hydrogen-bond acceptors (Lipinski definition) is 15. The summed E-state index contributed by atoms with van der Waals surface area (Å²) < 4.78 is 68.7. The van der Waals surface area contributed by atoms with Gasteiger partial charge in [0.2, 0.25) is 0 Å². The number of rotatable bonds is 77. The van der Waals surface area contributed by atoms with Gasteiger partial charge in [0.15, 0.2) is 12.2 Å². The van der Waals surface area contributed by atoms with Gasteiger partial charge in [0, 0.05) is 25.7 Å². The van der Waals surface area contributed by atoms with Gasteiger partial charge < -0.3 is 33.8 Å². The highest BCUT2D eigenvalue weighted by Gasteiger charge is 2.30. The summed E-state index contributed by atoms with van der Waals surface area (Å²) in [4.78, 5) is 73.0. The minimum absolute atomic E-state index is 0.105. The van der Waals surface area contributed by atoms with Gasteiger partial charge in [0.25, 0.3) is 0 Å². The number of ether oxygens (including phenoxy) is 4. The van der Waals surface area contributed by atoms with Crippen LogP contribution >= 0.6 is 15.6 Å². The lowest BCUT2D eigenvalue weighted by Gasteiger charge is -2.21. The summed E-state index contributed by atoms with van der Waals surface area (Å²) in [6, 6.07) is 0. The van der Waals surface area contributed by atoms with E-state index < -0.39 is 97.5 Å². The molecule has 0 bridgehead atoms. The molecule has 0 aromatic heterocycles. The van der Waals surface area contributed by atoms with Crippen molar-refractivity contribution < 1.29 is 80.2 Å². The van der Waals surface area contributed by atoms with Gasteiger partial charge >= 0.3 is 39.5 Å². The average Bonchev–Trinajstić information content (AvgIpc) is 1.20. The third kappa shape index (κ3) is 72.8. The fourth-order valence-electron chi connectivity index (χ4n) is 12.2. The molecule has 3 N–H and O–H groups in total. The third-order valence-corrected chi connectivity index (χ3v) is 20.8. The molecule has 0 aromatic carbocycles. The second-order valence-electron chi connectivity index (χ2n) is 30.5. The number of hydrogen-bond donors (Lipinski definition) is 3. The molecular formula is C80H156O17P2. The number of aliphatic hydroxyl groups is 1. The highest BCUT2D eigenvalue weighted by Crippen LogP contribution is 2.45. The smallest absolute Gasteiger partial charge is 0.462 e. The molecule has 0 heterocycles. The van der Waals surface area contributed by atoms with Gasteiger partial charge in [-0.1, -0.05) is 357 Å². The van der Waals surface area contributed by atoms with Crippen LogP contribution < -0.4 is 0 Å². The first kappa shape index (κ1) is 97.1. The van der Waals surface area contributed by atoms with Crippen LogP contribution in [0.15, 0.2) is 0 Å². The van der Waals surface area contributed by atoms with Crippen LogP contribution in [0, 0.1) is 23.7 Å². The van der Waals surface area contributed by atoms with Crippen LogP contribution in [0.25, 0.3) is 0 Å². The molecule has 99 heavy (non-hydrogen) atoms. The lowest BCUT2D eigenvalue weighted by molar-refractivity contribution is -0.161. The predicted molar refractivity (Wildman–Crippen MR) is 404 cm³/mol. The fourth-order valence-corrected chi connectivity index (χ4v) is 13.8. The Labute approximate surface area is 607 Å². The van der Waals surface area contributed by atoms with Crippen LogP contribution in [-0.2, 0) is 65.4 Å². The van der Waals surface area contributed by atoms with Crippen molar-refractivity contribution in [3.63, 3.8) is 0 Å². The molecule has 588 valence electrons. The Morgan fingerprint density at radius 2 is 0.485 bits per heavy atom. The fraction of sp³-hybridized carbons (Fsp3) is 0.950. The minimum Gasteiger partial charge on any atom is -0.462 e. The SMILES string of the molecule is CCC(C)CCCCCCCCCCC(=O)OC[C@H](COP(=O)(O)OC[C@H](O)COP(=O)(O)OC[C@@H](COC(=O)CCCCCCCCCCCCCCCC(C)C)OC(=O)CCCCCCCCCCCCCCCCCCC(C)C)OC(=O)CCCCCCCCCCCC(C)C. The van der Waals surface area contributed by atoms with E-state index in [4.69, 9.17) is 37.0 Å². The molecule has 0 rings (SSSR count). The first-order chi connectivity index (χ1) is 47.6. The van der Waals surface area contributed by atoms with E-state index in [-0.39, 0.29) is 25.7 Å². The number of phosphoric acid groups is 2. The van der Waals surface area contributed by atoms with Gasteiger partial charge in [-0.3, -0.25) is 37.3 Å². The van der Waals surface area contributed by atoms with E-state index >= 15 is 0 Å². The summed E-state index contributed by atoms with van der Waals surface area (Å²) in [5, 5.41) is 10.6. The Balaban J connectivity index is 5.26. The summed E-state index contributed by atoms with van der Waals surface area (Å²) in [5.74, 6) is 0.999. The van der Waals surface area contributed by atoms with Crippen molar-refractivity contribution in [2.75, 3.05) is 39.6 Å². The van der Waals surface area contributed by atoms with Crippen molar-refractivity contribution in [1.82, 2.24) is 0 Å². The summed E-state index contributed by atoms with van der Waals surface area (Å²) in [6.07, 6.45) is 55.4. The number of esters is 4. The van der Waals surface area contributed by atoms with Gasteiger partial charge in [-0.15, -0.1) is 0 Å². The van der Waals surface area contributed by atoms with Gasteiger partial charge in [-0.2, -0.15) is 0 Å². The number of carbonyl (C=O) groups is 4. The third-order valence-electron chi connectivity index (χ3n) is 18.9. The van der Waals surface area contributed by atoms with Gasteiger partial charge in [-0.25, -0.2) is 9.13 Å². The summed E-state index contributed by atoms with van der Waals surface area (Å²) in [7, 11) is -9.92. The quantitative estimate of drug-likeness (QED) is 0.0222. The number of phosphoric ester groups is 2. The Morgan fingerprint density at radius 1 is 0.283 bits per heavy atom. The van der Waals surface area contributed by atoms with Crippen LogP contribution in [0.5, 0.6) is 0 Å². The molecule has 0 aromatic rings. The number of aliphatic hydroxyl groups excluding tert-OH is 1. The lowest BCUT2D eigenvalue weighted by Crippen LogP contribution is -2.30. The molecule has 0 radical (unpaired) electrons. The van der Waals surface area contributed by atoms with Crippen molar-refractivity contribution in [1.29, 1.82) is 0 Å². The van der Waals surface area contributed by atoms with E-state index in [0.717, 1.165) is 114 Å². The van der Waals surface area contributed by atoms with E-state index in [9.17, 15) is 43.2 Å². The molecule has 6 atom stereocenters. The van der Waals surface area contributed by atoms with Gasteiger partial charge in [-0.05, 0) is 49.4 Å². The number of unbranched alkanes of at least 4 members (excludes halogenated alkanes) is 42. The predicted octanol–water partition coefficient (Wildman–Crippen LogP) is 23.6. The largest absolute Gasteiger partial charge is 0.472 e. The Kier molecular flexibility index (Phi) is 67.8. The van der Waals surface area contributed by atoms with E-state index in [2.05, 4.69) is 55.4 Å². The molecule has 0 amide bonds. The van der Waals surface area contributed by atoms with Crippen molar-refractivity contribution in [2.24, 2.45) is 23.7 Å². The number of carbonyl (C=O) groups excluding carboxylic acids is 4. The molecule has 3 unspecified atom stereocenters. The van der Waals surface area contributed by atoms with E-state index in [1.54, 1.807) is 0 Å². The maximum Gasteiger partial charge on any atom is 0.472 e. The van der Waals surface area contributed by atoms with E-state index in [1.807, 2.05) is 0 Å². The second-order valence-corrected chi connectivity index (χ2v) is 33.4.